The molecule has 2 rings (SSSR count). The highest BCUT2D eigenvalue weighted by Crippen LogP contribution is 2.25. The van der Waals surface area contributed by atoms with Gasteiger partial charge in [-0.25, -0.2) is 0 Å². The minimum absolute atomic E-state index is 0.155. The molecule has 1 heterocycles. The molecule has 5 nitrogen and oxygen atoms in total. The number of hydrogen-bond donors (Lipinski definition) is 1. The maximum Gasteiger partial charge on any atom is 0.225 e. The Bertz CT molecular complexity index is 459. The van der Waals surface area contributed by atoms with Crippen molar-refractivity contribution >= 4 is 5.91 Å². The molecule has 0 unspecified atom stereocenters. The van der Waals surface area contributed by atoms with Gasteiger partial charge < -0.3 is 19.7 Å². The summed E-state index contributed by atoms with van der Waals surface area (Å²) in [6.07, 6.45) is 1.85. The lowest BCUT2D eigenvalue weighted by molar-refractivity contribution is -0.135. The van der Waals surface area contributed by atoms with Crippen molar-refractivity contribution in [2.24, 2.45) is 5.92 Å². The standard InChI is InChI=1S/C16H24N2O3/c1-18(16(19)13-7-9-17-10-8-13)11-12-21-15-6-4-3-5-14(15)20-2/h3-6,13,17H,7-12H2,1-2H3. The van der Waals surface area contributed by atoms with Gasteiger partial charge >= 0.3 is 0 Å². The first kappa shape index (κ1) is 15.6. The van der Waals surface area contributed by atoms with Crippen LogP contribution < -0.4 is 14.8 Å². The normalized spacial score (nSPS) is 15.5. The maximum atomic E-state index is 12.3. The van der Waals surface area contributed by atoms with Gasteiger partial charge in [0.25, 0.3) is 0 Å². The molecule has 0 aliphatic carbocycles. The Balaban J connectivity index is 1.78. The summed E-state index contributed by atoms with van der Waals surface area (Å²) < 4.78 is 10.9. The van der Waals surface area contributed by atoms with Crippen molar-refractivity contribution in [3.8, 4) is 11.5 Å². The van der Waals surface area contributed by atoms with Crippen molar-refractivity contribution in [2.45, 2.75) is 12.8 Å². The van der Waals surface area contributed by atoms with Crippen molar-refractivity contribution in [2.75, 3.05) is 40.4 Å². The minimum atomic E-state index is 0.155. The van der Waals surface area contributed by atoms with Crippen LogP contribution in [0.25, 0.3) is 0 Å². The molecule has 0 aromatic heterocycles. The number of rotatable bonds is 6. The van der Waals surface area contributed by atoms with E-state index in [9.17, 15) is 4.79 Å². The summed E-state index contributed by atoms with van der Waals surface area (Å²) in [4.78, 5) is 14.1. The molecule has 116 valence electrons. The Kier molecular flexibility index (Phi) is 5.87. The number of benzene rings is 1. The zero-order valence-electron chi connectivity index (χ0n) is 12.8. The average molecular weight is 292 g/mol. The number of likely N-dealkylation sites (N-methyl/N-ethyl adjacent to an activating group) is 1. The van der Waals surface area contributed by atoms with Gasteiger partial charge in [0.1, 0.15) is 6.61 Å². The summed E-state index contributed by atoms with van der Waals surface area (Å²) in [5.41, 5.74) is 0. The Morgan fingerprint density at radius 1 is 1.29 bits per heavy atom. The second kappa shape index (κ2) is 7.88. The number of methoxy groups -OCH3 is 1. The van der Waals surface area contributed by atoms with Crippen LogP contribution in [0.4, 0.5) is 0 Å². The predicted molar refractivity (Wildman–Crippen MR) is 81.7 cm³/mol. The first-order valence-electron chi connectivity index (χ1n) is 7.44. The van der Waals surface area contributed by atoms with Gasteiger partial charge in [-0.3, -0.25) is 4.79 Å². The molecular formula is C16H24N2O3. The van der Waals surface area contributed by atoms with Crippen LogP contribution in [0.1, 0.15) is 12.8 Å². The van der Waals surface area contributed by atoms with E-state index >= 15 is 0 Å². The lowest BCUT2D eigenvalue weighted by Crippen LogP contribution is -2.40. The van der Waals surface area contributed by atoms with E-state index in [1.54, 1.807) is 12.0 Å². The molecule has 0 atom stereocenters. The Hall–Kier alpha value is -1.75. The van der Waals surface area contributed by atoms with Crippen LogP contribution in [0.5, 0.6) is 11.5 Å². The van der Waals surface area contributed by atoms with E-state index in [0.717, 1.165) is 25.9 Å². The molecule has 0 bridgehead atoms. The Morgan fingerprint density at radius 2 is 1.95 bits per heavy atom. The van der Waals surface area contributed by atoms with E-state index in [1.165, 1.54) is 0 Å². The van der Waals surface area contributed by atoms with Gasteiger partial charge in [0, 0.05) is 13.0 Å². The van der Waals surface area contributed by atoms with Crippen molar-refractivity contribution in [3.63, 3.8) is 0 Å². The van der Waals surface area contributed by atoms with Crippen LogP contribution in [0.15, 0.2) is 24.3 Å². The fourth-order valence-corrected chi connectivity index (χ4v) is 2.52. The monoisotopic (exact) mass is 292 g/mol. The third-order valence-corrected chi connectivity index (χ3v) is 3.82. The molecule has 1 aliphatic heterocycles. The number of para-hydroxylation sites is 2. The van der Waals surface area contributed by atoms with Gasteiger partial charge in [-0.2, -0.15) is 0 Å². The number of ether oxygens (including phenoxy) is 2. The highest BCUT2D eigenvalue weighted by Gasteiger charge is 2.23. The Morgan fingerprint density at radius 3 is 2.62 bits per heavy atom. The van der Waals surface area contributed by atoms with Crippen LogP contribution in [-0.4, -0.2) is 51.2 Å². The van der Waals surface area contributed by atoms with E-state index in [0.29, 0.717) is 24.7 Å². The van der Waals surface area contributed by atoms with Gasteiger partial charge in [-0.05, 0) is 38.1 Å². The summed E-state index contributed by atoms with van der Waals surface area (Å²) in [7, 11) is 3.46. The molecule has 1 aliphatic rings. The van der Waals surface area contributed by atoms with Crippen molar-refractivity contribution in [1.82, 2.24) is 10.2 Å². The van der Waals surface area contributed by atoms with Crippen LogP contribution in [0.3, 0.4) is 0 Å². The summed E-state index contributed by atoms with van der Waals surface area (Å²) in [5.74, 6) is 1.80. The van der Waals surface area contributed by atoms with E-state index < -0.39 is 0 Å². The SMILES string of the molecule is COc1ccccc1OCCN(C)C(=O)C1CCNCC1. The zero-order valence-corrected chi connectivity index (χ0v) is 12.8. The molecule has 1 N–H and O–H groups in total. The number of carbonyl (C=O) groups excluding carboxylic acids is 1. The summed E-state index contributed by atoms with van der Waals surface area (Å²) in [5, 5.41) is 3.28. The van der Waals surface area contributed by atoms with Gasteiger partial charge in [0.05, 0.1) is 13.7 Å². The number of piperidine rings is 1. The molecule has 0 spiro atoms. The molecule has 1 fully saturated rings. The summed E-state index contributed by atoms with van der Waals surface area (Å²) in [6, 6.07) is 7.53. The number of carbonyl (C=O) groups is 1. The highest BCUT2D eigenvalue weighted by molar-refractivity contribution is 5.78. The number of nitrogens with zero attached hydrogens (tertiary/aromatic N) is 1. The fraction of sp³-hybridized carbons (Fsp3) is 0.562. The molecule has 0 saturated carbocycles. The van der Waals surface area contributed by atoms with Gasteiger partial charge in [-0.1, -0.05) is 12.1 Å². The largest absolute Gasteiger partial charge is 0.493 e. The first-order valence-corrected chi connectivity index (χ1v) is 7.44. The maximum absolute atomic E-state index is 12.3. The molecule has 1 aromatic rings. The molecule has 0 radical (unpaired) electrons. The highest BCUT2D eigenvalue weighted by atomic mass is 16.5. The average Bonchev–Trinajstić information content (AvgIpc) is 2.55. The molecule has 1 amide bonds. The number of amides is 1. The number of nitrogens with one attached hydrogen (secondary N) is 1. The lowest BCUT2D eigenvalue weighted by atomic mass is 9.97. The molecule has 21 heavy (non-hydrogen) atoms. The van der Waals surface area contributed by atoms with Gasteiger partial charge in [0.15, 0.2) is 11.5 Å². The molecular weight excluding hydrogens is 268 g/mol. The second-order valence-electron chi connectivity index (χ2n) is 5.28. The van der Waals surface area contributed by atoms with Crippen molar-refractivity contribution in [3.05, 3.63) is 24.3 Å². The van der Waals surface area contributed by atoms with Crippen LogP contribution >= 0.6 is 0 Å². The minimum Gasteiger partial charge on any atom is -0.493 e. The van der Waals surface area contributed by atoms with Gasteiger partial charge in [0.2, 0.25) is 5.91 Å². The van der Waals surface area contributed by atoms with Gasteiger partial charge in [-0.15, -0.1) is 0 Å². The smallest absolute Gasteiger partial charge is 0.225 e. The fourth-order valence-electron chi connectivity index (χ4n) is 2.52. The van der Waals surface area contributed by atoms with Crippen molar-refractivity contribution < 1.29 is 14.3 Å². The molecule has 1 aromatic carbocycles. The van der Waals surface area contributed by atoms with E-state index in [1.807, 2.05) is 31.3 Å². The third-order valence-electron chi connectivity index (χ3n) is 3.82. The summed E-state index contributed by atoms with van der Waals surface area (Å²) >= 11 is 0. The van der Waals surface area contributed by atoms with Crippen LogP contribution in [0.2, 0.25) is 0 Å². The van der Waals surface area contributed by atoms with Crippen molar-refractivity contribution in [1.29, 1.82) is 0 Å². The van der Waals surface area contributed by atoms with E-state index in [-0.39, 0.29) is 11.8 Å². The van der Waals surface area contributed by atoms with E-state index in [2.05, 4.69) is 5.32 Å². The summed E-state index contributed by atoms with van der Waals surface area (Å²) in [6.45, 7) is 2.91. The predicted octanol–water partition coefficient (Wildman–Crippen LogP) is 1.53. The third kappa shape index (κ3) is 4.36. The van der Waals surface area contributed by atoms with Crippen LogP contribution in [-0.2, 0) is 4.79 Å². The molecule has 5 heteroatoms. The number of hydrogen-bond acceptors (Lipinski definition) is 4. The van der Waals surface area contributed by atoms with Crippen LogP contribution in [0, 0.1) is 5.92 Å². The second-order valence-corrected chi connectivity index (χ2v) is 5.28. The topological polar surface area (TPSA) is 50.8 Å². The molecule has 1 saturated heterocycles. The lowest BCUT2D eigenvalue weighted by Gasteiger charge is -2.27. The van der Waals surface area contributed by atoms with E-state index in [4.69, 9.17) is 9.47 Å². The Labute approximate surface area is 126 Å². The first-order chi connectivity index (χ1) is 10.2. The quantitative estimate of drug-likeness (QED) is 0.864. The zero-order chi connectivity index (χ0) is 15.1.